The molecule has 0 saturated carbocycles. The number of aromatic nitrogens is 2. The second-order valence-electron chi connectivity index (χ2n) is 6.54. The highest BCUT2D eigenvalue weighted by molar-refractivity contribution is 7.21. The van der Waals surface area contributed by atoms with Crippen LogP contribution in [0.2, 0.25) is 0 Å². The number of anilines is 2. The maximum atomic E-state index is 12.8. The largest absolute Gasteiger partial charge is 0.397 e. The quantitative estimate of drug-likeness (QED) is 0.341. The molecule has 5 aromatic rings. The van der Waals surface area contributed by atoms with E-state index in [0.29, 0.717) is 10.6 Å². The van der Waals surface area contributed by atoms with Gasteiger partial charge in [-0.05, 0) is 24.3 Å². The number of nitrogen functional groups attached to an aromatic ring is 1. The van der Waals surface area contributed by atoms with E-state index in [4.69, 9.17) is 10.7 Å². The molecule has 0 saturated heterocycles. The minimum absolute atomic E-state index is 0.0571. The van der Waals surface area contributed by atoms with E-state index >= 15 is 0 Å². The lowest BCUT2D eigenvalue weighted by Gasteiger charge is -2.05. The Hall–Kier alpha value is -3.51. The number of para-hydroxylation sites is 2. The average Bonchev–Trinajstić information content (AvgIpc) is 3.08. The van der Waals surface area contributed by atoms with Crippen molar-refractivity contribution in [1.29, 1.82) is 0 Å². The van der Waals surface area contributed by atoms with E-state index in [-0.39, 0.29) is 12.3 Å². The van der Waals surface area contributed by atoms with E-state index in [9.17, 15) is 4.79 Å². The van der Waals surface area contributed by atoms with Crippen LogP contribution in [0.25, 0.3) is 32.0 Å². The van der Waals surface area contributed by atoms with Crippen molar-refractivity contribution in [3.63, 3.8) is 0 Å². The number of pyridine rings is 2. The number of thiophene rings is 1. The summed E-state index contributed by atoms with van der Waals surface area (Å²) in [7, 11) is 0. The fourth-order valence-electron chi connectivity index (χ4n) is 3.34. The summed E-state index contributed by atoms with van der Waals surface area (Å²) in [4.78, 5) is 23.3. The third kappa shape index (κ3) is 2.75. The number of nitrogens with one attached hydrogen (secondary N) is 1. The van der Waals surface area contributed by atoms with E-state index in [1.165, 1.54) is 11.3 Å². The van der Waals surface area contributed by atoms with Gasteiger partial charge in [-0.15, -0.1) is 11.3 Å². The van der Waals surface area contributed by atoms with Crippen LogP contribution < -0.4 is 11.1 Å². The fraction of sp³-hybridized carbons (Fsp3) is 0.0455. The number of ketones is 1. The summed E-state index contributed by atoms with van der Waals surface area (Å²) < 4.78 is 0. The number of benzene rings is 2. The van der Waals surface area contributed by atoms with Gasteiger partial charge in [0.15, 0.2) is 5.78 Å². The number of nitrogens with two attached hydrogens (primary N) is 1. The van der Waals surface area contributed by atoms with Gasteiger partial charge in [0.1, 0.15) is 4.83 Å². The van der Waals surface area contributed by atoms with Crippen LogP contribution >= 0.6 is 11.3 Å². The number of hydrogen-bond donors (Lipinski definition) is 2. The Morgan fingerprint density at radius 2 is 1.82 bits per heavy atom. The van der Waals surface area contributed by atoms with E-state index in [2.05, 4.69) is 16.4 Å². The summed E-state index contributed by atoms with van der Waals surface area (Å²) in [5.74, 6) is -0.0571. The van der Waals surface area contributed by atoms with E-state index in [0.717, 1.165) is 37.7 Å². The molecule has 0 aliphatic heterocycles. The van der Waals surface area contributed by atoms with Gasteiger partial charge in [0.2, 0.25) is 0 Å². The van der Waals surface area contributed by atoms with Crippen molar-refractivity contribution in [2.75, 3.05) is 17.6 Å². The van der Waals surface area contributed by atoms with Crippen molar-refractivity contribution < 1.29 is 4.79 Å². The highest BCUT2D eigenvalue weighted by atomic mass is 32.1. The van der Waals surface area contributed by atoms with Crippen molar-refractivity contribution in [2.24, 2.45) is 0 Å². The van der Waals surface area contributed by atoms with Gasteiger partial charge in [0, 0.05) is 22.7 Å². The van der Waals surface area contributed by atoms with Gasteiger partial charge in [-0.3, -0.25) is 4.79 Å². The van der Waals surface area contributed by atoms with Crippen molar-refractivity contribution in [3.8, 4) is 0 Å². The number of carbonyl (C=O) groups excluding carboxylic acids is 1. The number of rotatable bonds is 4. The third-order valence-electron chi connectivity index (χ3n) is 4.72. The molecule has 0 amide bonds. The Kier molecular flexibility index (Phi) is 3.91. The number of nitrogens with zero attached hydrogens (tertiary/aromatic N) is 2. The van der Waals surface area contributed by atoms with Gasteiger partial charge in [-0.2, -0.15) is 0 Å². The predicted octanol–water partition coefficient (Wildman–Crippen LogP) is 4.87. The zero-order valence-corrected chi connectivity index (χ0v) is 15.7. The summed E-state index contributed by atoms with van der Waals surface area (Å²) >= 11 is 1.32. The minimum atomic E-state index is -0.0571. The maximum Gasteiger partial charge on any atom is 0.193 e. The lowest BCUT2D eigenvalue weighted by atomic mass is 10.1. The van der Waals surface area contributed by atoms with E-state index < -0.39 is 0 Å². The van der Waals surface area contributed by atoms with Crippen LogP contribution in [0.15, 0.2) is 66.9 Å². The van der Waals surface area contributed by atoms with Gasteiger partial charge in [-0.25, -0.2) is 9.97 Å². The Balaban J connectivity index is 1.58. The monoisotopic (exact) mass is 384 g/mol. The Bertz CT molecular complexity index is 1340. The first kappa shape index (κ1) is 16.6. The summed E-state index contributed by atoms with van der Waals surface area (Å²) in [6.45, 7) is 0.176. The molecular weight excluding hydrogens is 368 g/mol. The maximum absolute atomic E-state index is 12.8. The van der Waals surface area contributed by atoms with Crippen LogP contribution in [0.5, 0.6) is 0 Å². The normalized spacial score (nSPS) is 11.3. The molecular formula is C22H16N4OS. The molecule has 0 bridgehead atoms. The zero-order valence-electron chi connectivity index (χ0n) is 14.8. The predicted molar refractivity (Wildman–Crippen MR) is 116 cm³/mol. The molecule has 0 unspecified atom stereocenters. The molecule has 5 nitrogen and oxygen atoms in total. The van der Waals surface area contributed by atoms with Crippen LogP contribution in [-0.4, -0.2) is 22.3 Å². The van der Waals surface area contributed by atoms with Crippen LogP contribution in [0, 0.1) is 0 Å². The van der Waals surface area contributed by atoms with Gasteiger partial charge in [0.05, 0.1) is 33.5 Å². The number of hydrogen-bond acceptors (Lipinski definition) is 6. The Morgan fingerprint density at radius 3 is 2.68 bits per heavy atom. The lowest BCUT2D eigenvalue weighted by Crippen LogP contribution is -2.13. The van der Waals surface area contributed by atoms with Gasteiger partial charge in [-0.1, -0.05) is 36.4 Å². The van der Waals surface area contributed by atoms with Crippen molar-refractivity contribution in [2.45, 2.75) is 0 Å². The molecule has 3 heterocycles. The third-order valence-corrected chi connectivity index (χ3v) is 5.87. The summed E-state index contributed by atoms with van der Waals surface area (Å²) in [5, 5.41) is 5.87. The van der Waals surface area contributed by atoms with Crippen LogP contribution in [0.4, 0.5) is 11.4 Å². The Morgan fingerprint density at radius 1 is 1.04 bits per heavy atom. The minimum Gasteiger partial charge on any atom is -0.397 e. The molecule has 28 heavy (non-hydrogen) atoms. The molecule has 3 N–H and O–H groups in total. The first-order valence-electron chi connectivity index (χ1n) is 8.89. The number of Topliss-reactive ketones (excluding diaryl/α,β-unsaturated/α-hetero) is 1. The Labute approximate surface area is 164 Å². The van der Waals surface area contributed by atoms with Gasteiger partial charge in [0.25, 0.3) is 0 Å². The van der Waals surface area contributed by atoms with Crippen molar-refractivity contribution in [3.05, 3.63) is 71.7 Å². The van der Waals surface area contributed by atoms with Gasteiger partial charge >= 0.3 is 0 Å². The van der Waals surface area contributed by atoms with Crippen molar-refractivity contribution >= 4 is 60.5 Å². The molecule has 0 atom stereocenters. The van der Waals surface area contributed by atoms with Crippen LogP contribution in [0.3, 0.4) is 0 Å². The summed E-state index contributed by atoms with van der Waals surface area (Å²) in [6, 6.07) is 19.6. The molecule has 0 radical (unpaired) electrons. The van der Waals surface area contributed by atoms with Crippen molar-refractivity contribution in [1.82, 2.24) is 9.97 Å². The number of carbonyl (C=O) groups is 1. The summed E-state index contributed by atoms with van der Waals surface area (Å²) in [5.41, 5.74) is 9.44. The standard InChI is InChI=1S/C22H16N4OS/c23-19-18-20-14(10-13-6-4-5-9-16(13)26-20)11-25-22(18)28-21(19)17(27)12-24-15-7-2-1-3-8-15/h1-11,24H,12,23H2. The fourth-order valence-corrected chi connectivity index (χ4v) is 4.34. The SMILES string of the molecule is Nc1c(C(=O)CNc2ccccc2)sc2ncc3cc4ccccc4nc3c12. The van der Waals surface area contributed by atoms with Crippen LogP contribution in [0.1, 0.15) is 9.67 Å². The molecule has 2 aromatic carbocycles. The molecule has 0 aliphatic carbocycles. The topological polar surface area (TPSA) is 80.9 Å². The highest BCUT2D eigenvalue weighted by Crippen LogP contribution is 2.37. The van der Waals surface area contributed by atoms with Gasteiger partial charge < -0.3 is 11.1 Å². The number of fused-ring (bicyclic) bond motifs is 4. The zero-order chi connectivity index (χ0) is 19.1. The molecule has 3 aromatic heterocycles. The average molecular weight is 384 g/mol. The molecule has 136 valence electrons. The smallest absolute Gasteiger partial charge is 0.193 e. The molecule has 0 spiro atoms. The van der Waals surface area contributed by atoms with Crippen LogP contribution in [-0.2, 0) is 0 Å². The highest BCUT2D eigenvalue weighted by Gasteiger charge is 2.19. The second-order valence-corrected chi connectivity index (χ2v) is 7.54. The molecule has 5 rings (SSSR count). The first-order chi connectivity index (χ1) is 13.7. The molecule has 6 heteroatoms. The molecule has 0 fully saturated rings. The summed E-state index contributed by atoms with van der Waals surface area (Å²) in [6.07, 6.45) is 1.80. The van der Waals surface area contributed by atoms with E-state index in [1.54, 1.807) is 6.20 Å². The lowest BCUT2D eigenvalue weighted by molar-refractivity contribution is 0.101. The molecule has 0 aliphatic rings. The second kappa shape index (κ2) is 6.58. The van der Waals surface area contributed by atoms with E-state index in [1.807, 2.05) is 54.6 Å². The first-order valence-corrected chi connectivity index (χ1v) is 9.71.